The number of rotatable bonds is 21. The van der Waals surface area contributed by atoms with Gasteiger partial charge in [0.15, 0.2) is 0 Å². The lowest BCUT2D eigenvalue weighted by Gasteiger charge is -2.47. The third-order valence-electron chi connectivity index (χ3n) is 9.94. The highest BCUT2D eigenvalue weighted by atomic mass is 15.1. The Morgan fingerprint density at radius 2 is 1.08 bits per heavy atom. The molecule has 2 rings (SSSR count). The van der Waals surface area contributed by atoms with Crippen molar-refractivity contribution < 1.29 is 0 Å². The van der Waals surface area contributed by atoms with Gasteiger partial charge in [-0.2, -0.15) is 0 Å². The standard InChI is InChI=1S/C34H68N2/c1-5-9-13-17-19-31(18-14-10-6-2)30-36-28-26-34(27-29-36)24-22-33(23-25-34)35-32(20-15-11-7-3)21-16-12-8-4/h31-33,35H,5-30H2,1-4H3. The zero-order chi connectivity index (χ0) is 25.9. The third-order valence-corrected chi connectivity index (χ3v) is 9.94. The summed E-state index contributed by atoms with van der Waals surface area (Å²) in [6, 6.07) is 1.58. The summed E-state index contributed by atoms with van der Waals surface area (Å²) in [5.74, 6) is 0.958. The van der Waals surface area contributed by atoms with Crippen molar-refractivity contribution in [3.05, 3.63) is 0 Å². The van der Waals surface area contributed by atoms with Gasteiger partial charge in [-0.1, -0.05) is 111 Å². The van der Waals surface area contributed by atoms with E-state index in [9.17, 15) is 0 Å². The Morgan fingerprint density at radius 1 is 0.611 bits per heavy atom. The molecule has 1 spiro atoms. The van der Waals surface area contributed by atoms with Gasteiger partial charge in [0.05, 0.1) is 0 Å². The van der Waals surface area contributed by atoms with E-state index in [-0.39, 0.29) is 0 Å². The van der Waals surface area contributed by atoms with Crippen LogP contribution in [0.3, 0.4) is 0 Å². The van der Waals surface area contributed by atoms with Gasteiger partial charge in [0.2, 0.25) is 0 Å². The summed E-state index contributed by atoms with van der Waals surface area (Å²) >= 11 is 0. The molecule has 36 heavy (non-hydrogen) atoms. The van der Waals surface area contributed by atoms with E-state index in [0.717, 1.165) is 18.0 Å². The van der Waals surface area contributed by atoms with Crippen LogP contribution < -0.4 is 5.32 Å². The maximum absolute atomic E-state index is 4.17. The van der Waals surface area contributed by atoms with Gasteiger partial charge in [0, 0.05) is 18.6 Å². The van der Waals surface area contributed by atoms with Gasteiger partial charge in [-0.3, -0.25) is 0 Å². The lowest BCUT2D eigenvalue weighted by atomic mass is 9.66. The number of unbranched alkanes of at least 4 members (excludes halogenated alkanes) is 9. The minimum atomic E-state index is 0.688. The van der Waals surface area contributed by atoms with Crippen molar-refractivity contribution in [2.45, 2.75) is 187 Å². The van der Waals surface area contributed by atoms with E-state index in [1.165, 1.54) is 167 Å². The average molecular weight is 505 g/mol. The van der Waals surface area contributed by atoms with Crippen LogP contribution in [-0.2, 0) is 0 Å². The summed E-state index contributed by atoms with van der Waals surface area (Å²) in [4.78, 5) is 2.88. The van der Waals surface area contributed by atoms with Crippen LogP contribution in [0, 0.1) is 11.3 Å². The van der Waals surface area contributed by atoms with Crippen LogP contribution in [-0.4, -0.2) is 36.6 Å². The Bertz CT molecular complexity index is 475. The fourth-order valence-electron chi connectivity index (χ4n) is 7.27. The Balaban J connectivity index is 1.73. The predicted molar refractivity (Wildman–Crippen MR) is 162 cm³/mol. The number of likely N-dealkylation sites (tertiary alicyclic amines) is 1. The first-order chi connectivity index (χ1) is 17.6. The zero-order valence-corrected chi connectivity index (χ0v) is 25.6. The van der Waals surface area contributed by atoms with E-state index in [2.05, 4.69) is 37.9 Å². The van der Waals surface area contributed by atoms with Crippen molar-refractivity contribution in [3.8, 4) is 0 Å². The monoisotopic (exact) mass is 505 g/mol. The molecule has 1 heterocycles. The van der Waals surface area contributed by atoms with E-state index in [0.29, 0.717) is 5.41 Å². The lowest BCUT2D eigenvalue weighted by molar-refractivity contribution is 0.0479. The zero-order valence-electron chi connectivity index (χ0n) is 25.6. The SMILES string of the molecule is CCCCCCC(CCCCC)CN1CCC2(CCC(NC(CCCCC)CCCCC)CC2)CC1. The minimum Gasteiger partial charge on any atom is -0.311 e. The van der Waals surface area contributed by atoms with Crippen molar-refractivity contribution >= 4 is 0 Å². The Morgan fingerprint density at radius 3 is 1.61 bits per heavy atom. The van der Waals surface area contributed by atoms with E-state index in [1.54, 1.807) is 0 Å². The Hall–Kier alpha value is -0.0800. The van der Waals surface area contributed by atoms with Crippen LogP contribution in [0.15, 0.2) is 0 Å². The number of nitrogens with zero attached hydrogens (tertiary/aromatic N) is 1. The highest BCUT2D eigenvalue weighted by Crippen LogP contribution is 2.45. The van der Waals surface area contributed by atoms with Crippen molar-refractivity contribution in [1.82, 2.24) is 10.2 Å². The topological polar surface area (TPSA) is 15.3 Å². The molecule has 1 saturated heterocycles. The summed E-state index contributed by atoms with van der Waals surface area (Å²) in [6.45, 7) is 13.5. The molecule has 0 amide bonds. The molecule has 0 aromatic rings. The molecule has 1 aliphatic carbocycles. The molecule has 2 nitrogen and oxygen atoms in total. The van der Waals surface area contributed by atoms with Crippen LogP contribution in [0.1, 0.15) is 175 Å². The number of hydrogen-bond donors (Lipinski definition) is 1. The normalized spacial score (nSPS) is 19.9. The second-order valence-electron chi connectivity index (χ2n) is 13.1. The number of piperidine rings is 1. The number of nitrogens with one attached hydrogen (secondary N) is 1. The van der Waals surface area contributed by atoms with Gasteiger partial charge in [-0.05, 0) is 88.6 Å². The maximum Gasteiger partial charge on any atom is 0.00700 e. The fraction of sp³-hybridized carbons (Fsp3) is 1.00. The van der Waals surface area contributed by atoms with E-state index in [4.69, 9.17) is 0 Å². The van der Waals surface area contributed by atoms with Crippen LogP contribution >= 0.6 is 0 Å². The van der Waals surface area contributed by atoms with Gasteiger partial charge >= 0.3 is 0 Å². The fourth-order valence-corrected chi connectivity index (χ4v) is 7.27. The molecular weight excluding hydrogens is 436 g/mol. The molecule has 1 atom stereocenters. The molecule has 1 aliphatic heterocycles. The molecule has 214 valence electrons. The smallest absolute Gasteiger partial charge is 0.00700 e. The summed E-state index contributed by atoms with van der Waals surface area (Å²) in [6.07, 6.45) is 32.9. The van der Waals surface area contributed by atoms with E-state index < -0.39 is 0 Å². The quantitative estimate of drug-likeness (QED) is 0.156. The van der Waals surface area contributed by atoms with Gasteiger partial charge in [-0.15, -0.1) is 0 Å². The van der Waals surface area contributed by atoms with Crippen LogP contribution in [0.25, 0.3) is 0 Å². The van der Waals surface area contributed by atoms with E-state index in [1.807, 2.05) is 0 Å². The molecule has 1 saturated carbocycles. The highest BCUT2D eigenvalue weighted by Gasteiger charge is 2.38. The molecule has 0 aromatic carbocycles. The first-order valence-corrected chi connectivity index (χ1v) is 17.1. The molecule has 2 aliphatic rings. The first kappa shape index (κ1) is 32.1. The summed E-state index contributed by atoms with van der Waals surface area (Å²) in [7, 11) is 0. The van der Waals surface area contributed by atoms with Gasteiger partial charge in [0.1, 0.15) is 0 Å². The van der Waals surface area contributed by atoms with Crippen molar-refractivity contribution in [3.63, 3.8) is 0 Å². The minimum absolute atomic E-state index is 0.688. The first-order valence-electron chi connectivity index (χ1n) is 17.1. The molecule has 0 bridgehead atoms. The van der Waals surface area contributed by atoms with Crippen LogP contribution in [0.4, 0.5) is 0 Å². The molecular formula is C34H68N2. The molecule has 0 aromatic heterocycles. The van der Waals surface area contributed by atoms with Crippen LogP contribution in [0.5, 0.6) is 0 Å². The largest absolute Gasteiger partial charge is 0.311 e. The van der Waals surface area contributed by atoms with Gasteiger partial charge in [-0.25, -0.2) is 0 Å². The van der Waals surface area contributed by atoms with Gasteiger partial charge in [0.25, 0.3) is 0 Å². The predicted octanol–water partition coefficient (Wildman–Crippen LogP) is 10.3. The maximum atomic E-state index is 4.17. The lowest BCUT2D eigenvalue weighted by Crippen LogP contribution is -2.47. The summed E-state index contributed by atoms with van der Waals surface area (Å²) in [5, 5.41) is 4.17. The van der Waals surface area contributed by atoms with Crippen molar-refractivity contribution in [1.29, 1.82) is 0 Å². The molecule has 1 N–H and O–H groups in total. The Kier molecular flexibility index (Phi) is 17.8. The highest BCUT2D eigenvalue weighted by molar-refractivity contribution is 4.93. The van der Waals surface area contributed by atoms with Crippen molar-refractivity contribution in [2.75, 3.05) is 19.6 Å². The second-order valence-corrected chi connectivity index (χ2v) is 13.1. The third kappa shape index (κ3) is 13.1. The number of hydrogen-bond acceptors (Lipinski definition) is 2. The molecule has 0 radical (unpaired) electrons. The molecule has 2 heteroatoms. The molecule has 2 fully saturated rings. The summed E-state index contributed by atoms with van der Waals surface area (Å²) in [5.41, 5.74) is 0.688. The molecule has 1 unspecified atom stereocenters. The average Bonchev–Trinajstić information content (AvgIpc) is 2.89. The van der Waals surface area contributed by atoms with Crippen molar-refractivity contribution in [2.24, 2.45) is 11.3 Å². The van der Waals surface area contributed by atoms with Gasteiger partial charge < -0.3 is 10.2 Å². The Labute approximate surface area is 228 Å². The summed E-state index contributed by atoms with van der Waals surface area (Å²) < 4.78 is 0. The second kappa shape index (κ2) is 19.9. The van der Waals surface area contributed by atoms with E-state index >= 15 is 0 Å². The van der Waals surface area contributed by atoms with Crippen LogP contribution in [0.2, 0.25) is 0 Å².